The minimum absolute atomic E-state index is 0.201. The minimum atomic E-state index is -2.58. The van der Waals surface area contributed by atoms with Crippen LogP contribution in [0.5, 0.6) is 17.2 Å². The van der Waals surface area contributed by atoms with E-state index in [1.165, 1.54) is 0 Å². The van der Waals surface area contributed by atoms with E-state index in [-0.39, 0.29) is 6.61 Å². The van der Waals surface area contributed by atoms with E-state index in [0.29, 0.717) is 5.56 Å². The number of carbonyl (C=O) groups is 5. The van der Waals surface area contributed by atoms with Gasteiger partial charge in [-0.2, -0.15) is 26.3 Å². The fraction of sp³-hybridized carbons (Fsp3) is 0.310. The number of halogens is 15. The number of benzene rings is 4. The summed E-state index contributed by atoms with van der Waals surface area (Å²) in [5.41, 5.74) is -1.62. The van der Waals surface area contributed by atoms with E-state index in [9.17, 15) is 89.8 Å². The molecule has 0 unspecified atom stereocenters. The average Bonchev–Trinajstić information content (AvgIpc) is 3.35. The third-order valence-electron chi connectivity index (χ3n) is 8.88. The topological polar surface area (TPSA) is 174 Å². The quantitative estimate of drug-likeness (QED) is 0.0180. The van der Waals surface area contributed by atoms with E-state index >= 15 is 0 Å². The van der Waals surface area contributed by atoms with Crippen molar-refractivity contribution in [3.63, 3.8) is 0 Å². The van der Waals surface area contributed by atoms with Crippen LogP contribution in [-0.2, 0) is 44.7 Å². The van der Waals surface area contributed by atoms with Crippen molar-refractivity contribution >= 4 is 29.9 Å². The van der Waals surface area contributed by atoms with Crippen molar-refractivity contribution in [3.05, 3.63) is 123 Å². The zero-order chi connectivity index (χ0) is 52.7. The van der Waals surface area contributed by atoms with E-state index in [0.717, 1.165) is 0 Å². The van der Waals surface area contributed by atoms with Gasteiger partial charge in [0.1, 0.15) is 12.1 Å². The molecule has 4 aromatic carbocycles. The van der Waals surface area contributed by atoms with Gasteiger partial charge in [0.2, 0.25) is 110 Å². The van der Waals surface area contributed by atoms with E-state index in [4.69, 9.17) is 18.9 Å². The van der Waals surface area contributed by atoms with Crippen molar-refractivity contribution < 1.29 is 123 Å². The molecule has 0 saturated carbocycles. The van der Waals surface area contributed by atoms with Crippen LogP contribution in [0.2, 0.25) is 0 Å². The lowest BCUT2D eigenvalue weighted by Gasteiger charge is -2.34. The van der Waals surface area contributed by atoms with Crippen LogP contribution >= 0.6 is 0 Å². The molecule has 4 aromatic rings. The SMILES string of the molecule is O=C(CCNC(=O)OCc1ccccc1)NC(COCCC(=O)Oc1c(F)c(F)c(F)c(F)c1F)(COCCC(=O)Oc1c(F)c(F)c(F)c(F)c1F)COCCC(=O)Oc1c(F)c(F)c(F)c(F)c1F. The van der Waals surface area contributed by atoms with Gasteiger partial charge < -0.3 is 43.8 Å². The van der Waals surface area contributed by atoms with Gasteiger partial charge in [-0.15, -0.1) is 0 Å². The molecule has 0 heterocycles. The Labute approximate surface area is 387 Å². The minimum Gasteiger partial charge on any atom is -0.445 e. The standard InChI is InChI=1S/C42H31F15N2O12/c43-23-26(46)32(52)38(33(53)27(23)47)69-20(61)7-11-65-15-42(59-19(60)6-10-58-41(64)68-14-18-4-2-1-3-5-18,16-66-12-8-21(62)70-39-34(54)28(48)24(44)29(49)35(39)55)17-67-13-9-22(63)71-40-36(56)30(50)25(45)31(51)37(40)57/h1-5H,6-17H2,(H,58,64)(H,59,60). The van der Waals surface area contributed by atoms with Gasteiger partial charge in [0.15, 0.2) is 0 Å². The number of hydrogen-bond acceptors (Lipinski definition) is 12. The summed E-state index contributed by atoms with van der Waals surface area (Å²) in [7, 11) is 0. The summed E-state index contributed by atoms with van der Waals surface area (Å²) in [4.78, 5) is 62.7. The maximum atomic E-state index is 14.1. The second kappa shape index (κ2) is 25.6. The smallest absolute Gasteiger partial charge is 0.407 e. The summed E-state index contributed by atoms with van der Waals surface area (Å²) in [5.74, 6) is -49.8. The number of hydrogen-bond donors (Lipinski definition) is 2. The monoisotopic (exact) mass is 1040 g/mol. The largest absolute Gasteiger partial charge is 0.445 e. The summed E-state index contributed by atoms with van der Waals surface area (Å²) in [6.45, 7) is -6.32. The van der Waals surface area contributed by atoms with Gasteiger partial charge in [0.25, 0.3) is 0 Å². The Hall–Kier alpha value is -7.14. The summed E-state index contributed by atoms with van der Waals surface area (Å²) in [6, 6.07) is 8.23. The highest BCUT2D eigenvalue weighted by atomic mass is 19.2. The van der Waals surface area contributed by atoms with Crippen LogP contribution < -0.4 is 24.8 Å². The maximum Gasteiger partial charge on any atom is 0.407 e. The lowest BCUT2D eigenvalue weighted by molar-refractivity contribution is -0.138. The maximum absolute atomic E-state index is 14.1. The molecule has 4 rings (SSSR count). The Morgan fingerprint density at radius 2 is 0.732 bits per heavy atom. The van der Waals surface area contributed by atoms with Gasteiger partial charge in [-0.3, -0.25) is 19.2 Å². The van der Waals surface area contributed by atoms with Gasteiger partial charge >= 0.3 is 24.0 Å². The molecule has 0 aliphatic heterocycles. The molecule has 29 heteroatoms. The highest BCUT2D eigenvalue weighted by molar-refractivity contribution is 5.78. The molecular weight excluding hydrogens is 1010 g/mol. The first-order chi connectivity index (χ1) is 33.5. The first-order valence-electron chi connectivity index (χ1n) is 19.6. The molecule has 0 aromatic heterocycles. The van der Waals surface area contributed by atoms with E-state index in [1.54, 1.807) is 30.3 Å². The van der Waals surface area contributed by atoms with Gasteiger partial charge in [-0.05, 0) is 5.56 Å². The zero-order valence-corrected chi connectivity index (χ0v) is 35.4. The van der Waals surface area contributed by atoms with Gasteiger partial charge in [0, 0.05) is 13.0 Å². The number of esters is 3. The van der Waals surface area contributed by atoms with Crippen molar-refractivity contribution in [1.82, 2.24) is 10.6 Å². The molecule has 0 spiro atoms. The highest BCUT2D eigenvalue weighted by Crippen LogP contribution is 2.32. The van der Waals surface area contributed by atoms with Crippen molar-refractivity contribution in [2.24, 2.45) is 0 Å². The van der Waals surface area contributed by atoms with Crippen LogP contribution in [0, 0.1) is 87.3 Å². The van der Waals surface area contributed by atoms with Crippen LogP contribution in [0.4, 0.5) is 70.7 Å². The summed E-state index contributed by atoms with van der Waals surface area (Å²) in [6.07, 6.45) is -4.84. The van der Waals surface area contributed by atoms with Crippen LogP contribution in [-0.4, -0.2) is 81.6 Å². The molecule has 0 aliphatic carbocycles. The average molecular weight is 1040 g/mol. The highest BCUT2D eigenvalue weighted by Gasteiger charge is 2.36. The first kappa shape index (κ1) is 56.4. The van der Waals surface area contributed by atoms with Crippen LogP contribution in [0.15, 0.2) is 30.3 Å². The van der Waals surface area contributed by atoms with Crippen LogP contribution in [0.1, 0.15) is 31.2 Å². The van der Waals surface area contributed by atoms with E-state index < -0.39 is 212 Å². The molecule has 386 valence electrons. The van der Waals surface area contributed by atoms with Crippen molar-refractivity contribution in [2.75, 3.05) is 46.2 Å². The molecular formula is C42H31F15N2O12. The molecule has 0 aliphatic rings. The Morgan fingerprint density at radius 1 is 0.423 bits per heavy atom. The second-order valence-electron chi connectivity index (χ2n) is 14.1. The van der Waals surface area contributed by atoms with Gasteiger partial charge in [-0.1, -0.05) is 30.3 Å². The lowest BCUT2D eigenvalue weighted by Crippen LogP contribution is -2.59. The summed E-state index contributed by atoms with van der Waals surface area (Å²) < 4.78 is 241. The molecule has 2 N–H and O–H groups in total. The zero-order valence-electron chi connectivity index (χ0n) is 35.4. The molecule has 14 nitrogen and oxygen atoms in total. The second-order valence-corrected chi connectivity index (χ2v) is 14.1. The third-order valence-corrected chi connectivity index (χ3v) is 8.88. The first-order valence-corrected chi connectivity index (χ1v) is 19.6. The Balaban J connectivity index is 1.52. The Bertz CT molecular complexity index is 2320. The number of ether oxygens (including phenoxy) is 7. The Morgan fingerprint density at radius 3 is 1.06 bits per heavy atom. The van der Waals surface area contributed by atoms with Crippen molar-refractivity contribution in [3.8, 4) is 17.2 Å². The van der Waals surface area contributed by atoms with E-state index in [2.05, 4.69) is 24.8 Å². The van der Waals surface area contributed by atoms with Crippen molar-refractivity contribution in [2.45, 2.75) is 37.8 Å². The number of nitrogens with one attached hydrogen (secondary N) is 2. The molecule has 71 heavy (non-hydrogen) atoms. The molecule has 0 saturated heterocycles. The molecule has 0 radical (unpaired) electrons. The third kappa shape index (κ3) is 14.9. The number of rotatable bonds is 24. The molecule has 2 amide bonds. The normalized spacial score (nSPS) is 11.3. The van der Waals surface area contributed by atoms with Gasteiger partial charge in [0.05, 0.1) is 58.9 Å². The lowest BCUT2D eigenvalue weighted by atomic mass is 10.0. The fourth-order valence-electron chi connectivity index (χ4n) is 5.43. The molecule has 0 atom stereocenters. The summed E-state index contributed by atoms with van der Waals surface area (Å²) >= 11 is 0. The number of amides is 2. The summed E-state index contributed by atoms with van der Waals surface area (Å²) in [5, 5.41) is 4.58. The molecule has 0 fully saturated rings. The fourth-order valence-corrected chi connectivity index (χ4v) is 5.43. The number of carbonyl (C=O) groups excluding carboxylic acids is 5. The van der Waals surface area contributed by atoms with Gasteiger partial charge in [-0.25, -0.2) is 44.3 Å². The number of alkyl carbamates (subject to hydrolysis) is 1. The van der Waals surface area contributed by atoms with E-state index in [1.807, 2.05) is 0 Å². The predicted octanol–water partition coefficient (Wildman–Crippen LogP) is 7.28. The predicted molar refractivity (Wildman–Crippen MR) is 202 cm³/mol. The van der Waals surface area contributed by atoms with Crippen LogP contribution in [0.25, 0.3) is 0 Å². The van der Waals surface area contributed by atoms with Crippen LogP contribution in [0.3, 0.4) is 0 Å². The Kier molecular flexibility index (Phi) is 20.4. The molecule has 0 bridgehead atoms. The van der Waals surface area contributed by atoms with Crippen molar-refractivity contribution in [1.29, 1.82) is 0 Å².